The predicted molar refractivity (Wildman–Crippen MR) is 82.1 cm³/mol. The summed E-state index contributed by atoms with van der Waals surface area (Å²) in [5.74, 6) is -2.77. The molecule has 0 aliphatic rings. The van der Waals surface area contributed by atoms with Gasteiger partial charge in [0.25, 0.3) is 10.0 Å². The molecule has 0 unspecified atom stereocenters. The molecule has 0 saturated carbocycles. The molecule has 2 rings (SSSR count). The number of rotatable bonds is 6. The van der Waals surface area contributed by atoms with E-state index in [-0.39, 0.29) is 16.1 Å². The van der Waals surface area contributed by atoms with E-state index in [1.54, 1.807) is 12.1 Å². The Hall–Kier alpha value is -3.13. The van der Waals surface area contributed by atoms with Crippen LogP contribution in [0.1, 0.15) is 15.9 Å². The molecule has 1 N–H and O–H groups in total. The molecule has 0 heterocycles. The fraction of sp³-hybridized carbons (Fsp3) is 0. The molecule has 24 heavy (non-hydrogen) atoms. The van der Waals surface area contributed by atoms with Crippen molar-refractivity contribution >= 4 is 33.7 Å². The van der Waals surface area contributed by atoms with E-state index in [0.717, 1.165) is 30.3 Å². The molecule has 2 aromatic carbocycles. The average molecular weight is 345 g/mol. The van der Waals surface area contributed by atoms with Crippen molar-refractivity contribution in [1.29, 1.82) is 0 Å². The predicted octanol–water partition coefficient (Wildman–Crippen LogP) is -0.386. The van der Waals surface area contributed by atoms with Gasteiger partial charge in [-0.1, -0.05) is 30.3 Å². The number of carboxylic acids is 2. The average Bonchev–Trinajstić information content (AvgIpc) is 2.53. The van der Waals surface area contributed by atoms with Gasteiger partial charge in [-0.25, -0.2) is 8.42 Å². The Morgan fingerprint density at radius 2 is 1.67 bits per heavy atom. The fourth-order valence-corrected chi connectivity index (χ4v) is 2.90. The third kappa shape index (κ3) is 4.43. The number of sulfonamides is 1. The molecule has 0 aliphatic carbocycles. The highest BCUT2D eigenvalue weighted by atomic mass is 32.2. The van der Waals surface area contributed by atoms with Gasteiger partial charge in [-0.3, -0.25) is 4.72 Å². The second kappa shape index (κ2) is 6.97. The molecule has 0 spiro atoms. The van der Waals surface area contributed by atoms with E-state index in [1.807, 2.05) is 0 Å². The van der Waals surface area contributed by atoms with Gasteiger partial charge in [-0.15, -0.1) is 0 Å². The minimum Gasteiger partial charge on any atom is -0.545 e. The molecular formula is C16H11NO6S-2. The highest BCUT2D eigenvalue weighted by Crippen LogP contribution is 2.18. The van der Waals surface area contributed by atoms with Gasteiger partial charge in [0.2, 0.25) is 0 Å². The summed E-state index contributed by atoms with van der Waals surface area (Å²) in [4.78, 5) is 20.9. The van der Waals surface area contributed by atoms with Crippen LogP contribution < -0.4 is 14.9 Å². The maximum absolute atomic E-state index is 12.3. The van der Waals surface area contributed by atoms with Crippen LogP contribution in [0, 0.1) is 0 Å². The fourth-order valence-electron chi connectivity index (χ4n) is 1.85. The summed E-state index contributed by atoms with van der Waals surface area (Å²) in [5, 5.41) is 21.1. The number of carboxylic acid groups (broad SMARTS) is 2. The molecule has 0 radical (unpaired) electrons. The van der Waals surface area contributed by atoms with Crippen molar-refractivity contribution in [3.8, 4) is 0 Å². The van der Waals surface area contributed by atoms with Crippen molar-refractivity contribution in [2.45, 2.75) is 4.90 Å². The van der Waals surface area contributed by atoms with Crippen LogP contribution in [0.5, 0.6) is 0 Å². The standard InChI is InChI=1S/C16H13NO6S/c18-15(19)9-4-11-2-1-3-13(10-11)17-24(22,23)14-7-5-12(6-8-14)16(20)21/h1-10,17H,(H,18,19)(H,20,21)/p-2/b9-4+. The van der Waals surface area contributed by atoms with E-state index >= 15 is 0 Å². The van der Waals surface area contributed by atoms with Crippen molar-refractivity contribution < 1.29 is 28.2 Å². The number of aliphatic carboxylic acids is 1. The van der Waals surface area contributed by atoms with Crippen LogP contribution in [0.4, 0.5) is 5.69 Å². The van der Waals surface area contributed by atoms with E-state index < -0.39 is 22.0 Å². The zero-order chi connectivity index (χ0) is 17.7. The molecule has 0 aromatic heterocycles. The molecule has 8 heteroatoms. The first-order chi connectivity index (χ1) is 11.3. The van der Waals surface area contributed by atoms with Crippen LogP contribution in [-0.4, -0.2) is 20.4 Å². The normalized spacial score (nSPS) is 11.3. The first kappa shape index (κ1) is 17.2. The van der Waals surface area contributed by atoms with Crippen LogP contribution in [0.3, 0.4) is 0 Å². The van der Waals surface area contributed by atoms with Gasteiger partial charge in [0.15, 0.2) is 0 Å². The number of benzene rings is 2. The minimum atomic E-state index is -3.92. The van der Waals surface area contributed by atoms with Gasteiger partial charge in [0.05, 0.1) is 16.8 Å². The van der Waals surface area contributed by atoms with Gasteiger partial charge in [-0.2, -0.15) is 0 Å². The van der Waals surface area contributed by atoms with Crippen LogP contribution in [0.15, 0.2) is 59.5 Å². The molecule has 0 saturated heterocycles. The lowest BCUT2D eigenvalue weighted by Gasteiger charge is -2.10. The third-order valence-electron chi connectivity index (χ3n) is 2.95. The summed E-state index contributed by atoms with van der Waals surface area (Å²) in [6.07, 6.45) is 2.09. The maximum Gasteiger partial charge on any atom is 0.261 e. The summed E-state index contributed by atoms with van der Waals surface area (Å²) in [5.41, 5.74) is 0.550. The zero-order valence-corrected chi connectivity index (χ0v) is 12.9. The first-order valence-corrected chi connectivity index (χ1v) is 8.09. The van der Waals surface area contributed by atoms with Crippen LogP contribution in [-0.2, 0) is 14.8 Å². The Bertz CT molecular complexity index is 900. The SMILES string of the molecule is O=C([O-])/C=C/c1cccc(NS(=O)(=O)c2ccc(C(=O)[O-])cc2)c1. The summed E-state index contributed by atoms with van der Waals surface area (Å²) in [6, 6.07) is 10.6. The van der Waals surface area contributed by atoms with Crippen molar-refractivity contribution in [2.75, 3.05) is 4.72 Å². The van der Waals surface area contributed by atoms with Gasteiger partial charge >= 0.3 is 0 Å². The second-order valence-electron chi connectivity index (χ2n) is 4.70. The highest BCUT2D eigenvalue weighted by molar-refractivity contribution is 7.92. The Labute approximate surface area is 137 Å². The Kier molecular flexibility index (Phi) is 5.00. The topological polar surface area (TPSA) is 126 Å². The maximum atomic E-state index is 12.3. The van der Waals surface area contributed by atoms with Crippen molar-refractivity contribution in [3.05, 3.63) is 65.7 Å². The molecule has 7 nitrogen and oxygen atoms in total. The lowest BCUT2D eigenvalue weighted by atomic mass is 10.2. The number of anilines is 1. The van der Waals surface area contributed by atoms with E-state index in [2.05, 4.69) is 4.72 Å². The largest absolute Gasteiger partial charge is 0.545 e. The Balaban J connectivity index is 2.24. The first-order valence-electron chi connectivity index (χ1n) is 6.61. The van der Waals surface area contributed by atoms with Gasteiger partial charge in [0, 0.05) is 5.69 Å². The van der Waals surface area contributed by atoms with Gasteiger partial charge in [-0.05, 0) is 41.5 Å². The molecule has 0 amide bonds. The van der Waals surface area contributed by atoms with E-state index in [1.165, 1.54) is 18.2 Å². The monoisotopic (exact) mass is 345 g/mol. The van der Waals surface area contributed by atoms with E-state index in [0.29, 0.717) is 5.56 Å². The van der Waals surface area contributed by atoms with Gasteiger partial charge in [0.1, 0.15) is 0 Å². The highest BCUT2D eigenvalue weighted by Gasteiger charge is 2.14. The molecular weight excluding hydrogens is 334 g/mol. The molecule has 0 atom stereocenters. The molecule has 2 aromatic rings. The number of aromatic carboxylic acids is 1. The second-order valence-corrected chi connectivity index (χ2v) is 6.38. The van der Waals surface area contributed by atoms with Crippen LogP contribution in [0.2, 0.25) is 0 Å². The summed E-state index contributed by atoms with van der Waals surface area (Å²) in [7, 11) is -3.92. The van der Waals surface area contributed by atoms with E-state index in [4.69, 9.17) is 0 Å². The number of nitrogens with one attached hydrogen (secondary N) is 1. The van der Waals surface area contributed by atoms with Gasteiger partial charge < -0.3 is 19.8 Å². The van der Waals surface area contributed by atoms with Crippen LogP contribution >= 0.6 is 0 Å². The Morgan fingerprint density at radius 3 is 2.25 bits per heavy atom. The Morgan fingerprint density at radius 1 is 1.00 bits per heavy atom. The number of carbonyl (C=O) groups excluding carboxylic acids is 2. The lowest BCUT2D eigenvalue weighted by molar-refractivity contribution is -0.297. The quantitative estimate of drug-likeness (QED) is 0.711. The number of carbonyl (C=O) groups is 2. The summed E-state index contributed by atoms with van der Waals surface area (Å²) < 4.78 is 26.9. The van der Waals surface area contributed by atoms with Crippen molar-refractivity contribution in [3.63, 3.8) is 0 Å². The molecule has 124 valence electrons. The molecule has 0 fully saturated rings. The smallest absolute Gasteiger partial charge is 0.261 e. The van der Waals surface area contributed by atoms with Crippen molar-refractivity contribution in [2.24, 2.45) is 0 Å². The van der Waals surface area contributed by atoms with Crippen LogP contribution in [0.25, 0.3) is 6.08 Å². The number of hydrogen-bond donors (Lipinski definition) is 1. The zero-order valence-electron chi connectivity index (χ0n) is 12.1. The molecule has 0 aliphatic heterocycles. The lowest BCUT2D eigenvalue weighted by Crippen LogP contribution is -2.22. The summed E-state index contributed by atoms with van der Waals surface area (Å²) in [6.45, 7) is 0. The third-order valence-corrected chi connectivity index (χ3v) is 4.35. The number of hydrogen-bond acceptors (Lipinski definition) is 6. The molecule has 0 bridgehead atoms. The summed E-state index contributed by atoms with van der Waals surface area (Å²) >= 11 is 0. The van der Waals surface area contributed by atoms with Crippen molar-refractivity contribution in [1.82, 2.24) is 0 Å². The van der Waals surface area contributed by atoms with E-state index in [9.17, 15) is 28.2 Å². The minimum absolute atomic E-state index is 0.122.